The van der Waals surface area contributed by atoms with Gasteiger partial charge in [0.2, 0.25) is 0 Å². The molecule has 0 radical (unpaired) electrons. The summed E-state index contributed by atoms with van der Waals surface area (Å²) in [5, 5.41) is 1.10. The molecule has 0 saturated heterocycles. The largest absolute Gasteiger partial charge is 0.466 e. The smallest absolute Gasteiger partial charge is 0.340 e. The number of carbonyl (C=O) groups is 2. The van der Waals surface area contributed by atoms with Gasteiger partial charge in [-0.15, -0.1) is 0 Å². The molecule has 0 atom stereocenters. The number of hydrogen-bond donors (Lipinski definition) is 0. The molecule has 1 aromatic heterocycles. The van der Waals surface area contributed by atoms with E-state index < -0.39 is 11.9 Å². The van der Waals surface area contributed by atoms with E-state index in [1.807, 2.05) is 35.9 Å². The lowest BCUT2D eigenvalue weighted by Gasteiger charge is -2.19. The van der Waals surface area contributed by atoms with Crippen molar-refractivity contribution in [2.75, 3.05) is 14.2 Å². The molecule has 5 nitrogen and oxygen atoms in total. The maximum atomic E-state index is 12.3. The minimum Gasteiger partial charge on any atom is -0.466 e. The Morgan fingerprint density at radius 2 is 1.73 bits per heavy atom. The molecule has 0 amide bonds. The summed E-state index contributed by atoms with van der Waals surface area (Å²) in [7, 11) is 4.53. The van der Waals surface area contributed by atoms with Crippen molar-refractivity contribution < 1.29 is 19.1 Å². The average Bonchev–Trinajstić information content (AvgIpc) is 2.86. The number of aromatic nitrogens is 1. The van der Waals surface area contributed by atoms with Gasteiger partial charge in [0, 0.05) is 18.0 Å². The molecule has 1 heterocycles. The fourth-order valence-electron chi connectivity index (χ4n) is 3.21. The molecule has 0 bridgehead atoms. The van der Waals surface area contributed by atoms with E-state index in [0.29, 0.717) is 24.0 Å². The lowest BCUT2D eigenvalue weighted by atomic mass is 9.88. The van der Waals surface area contributed by atoms with Gasteiger partial charge in [-0.3, -0.25) is 0 Å². The Bertz CT molecular complexity index is 813. The summed E-state index contributed by atoms with van der Waals surface area (Å²) in [5.74, 6) is -0.983. The van der Waals surface area contributed by atoms with Crippen LogP contribution in [0.5, 0.6) is 0 Å². The number of rotatable bonds is 2. The zero-order valence-corrected chi connectivity index (χ0v) is 12.8. The highest BCUT2D eigenvalue weighted by atomic mass is 16.5. The quantitative estimate of drug-likeness (QED) is 0.798. The second-order valence-corrected chi connectivity index (χ2v) is 5.24. The van der Waals surface area contributed by atoms with Crippen molar-refractivity contribution in [1.82, 2.24) is 4.57 Å². The van der Waals surface area contributed by atoms with Gasteiger partial charge in [-0.1, -0.05) is 18.2 Å². The maximum absolute atomic E-state index is 12.3. The summed E-state index contributed by atoms with van der Waals surface area (Å²) < 4.78 is 11.7. The lowest BCUT2D eigenvalue weighted by Crippen LogP contribution is -2.20. The van der Waals surface area contributed by atoms with E-state index in [1.165, 1.54) is 14.2 Å². The molecule has 0 N–H and O–H groups in total. The molecule has 0 aliphatic heterocycles. The van der Waals surface area contributed by atoms with Gasteiger partial charge in [0.15, 0.2) is 0 Å². The topological polar surface area (TPSA) is 57.5 Å². The first-order chi connectivity index (χ1) is 10.6. The van der Waals surface area contributed by atoms with Crippen molar-refractivity contribution in [3.05, 3.63) is 41.1 Å². The molecule has 0 fully saturated rings. The number of para-hydroxylation sites is 1. The molecule has 1 aromatic carbocycles. The Labute approximate surface area is 128 Å². The van der Waals surface area contributed by atoms with Crippen LogP contribution in [0.3, 0.4) is 0 Å². The highest BCUT2D eigenvalue weighted by Gasteiger charge is 2.33. The van der Waals surface area contributed by atoms with Crippen LogP contribution < -0.4 is 0 Å². The molecule has 1 aliphatic rings. The summed E-state index contributed by atoms with van der Waals surface area (Å²) in [4.78, 5) is 24.3. The number of benzene rings is 1. The molecule has 5 heteroatoms. The zero-order chi connectivity index (χ0) is 15.9. The Morgan fingerprint density at radius 1 is 1.05 bits per heavy atom. The number of esters is 2. The standard InChI is InChI=1S/C17H17NO4/c1-18-13-7-5-4-6-10(13)11-8-9-12(16(19)21-2)14(15(11)18)17(20)22-3/h4-7H,8-9H2,1-3H3. The first kappa shape index (κ1) is 14.4. The number of ether oxygens (including phenoxy) is 2. The van der Waals surface area contributed by atoms with E-state index in [4.69, 9.17) is 9.47 Å². The van der Waals surface area contributed by atoms with Crippen molar-refractivity contribution in [2.45, 2.75) is 12.8 Å². The predicted octanol–water partition coefficient (Wildman–Crippen LogP) is 2.22. The third-order valence-electron chi connectivity index (χ3n) is 4.20. The van der Waals surface area contributed by atoms with Crippen molar-refractivity contribution in [3.8, 4) is 0 Å². The monoisotopic (exact) mass is 299 g/mol. The van der Waals surface area contributed by atoms with E-state index >= 15 is 0 Å². The number of carbonyl (C=O) groups excluding carboxylic acids is 2. The molecule has 114 valence electrons. The number of aryl methyl sites for hydroxylation is 2. The third kappa shape index (κ3) is 1.93. The zero-order valence-electron chi connectivity index (χ0n) is 12.8. The van der Waals surface area contributed by atoms with Gasteiger partial charge in [-0.2, -0.15) is 0 Å². The Morgan fingerprint density at radius 3 is 2.41 bits per heavy atom. The van der Waals surface area contributed by atoms with Gasteiger partial charge in [0.05, 0.1) is 31.1 Å². The fourth-order valence-corrected chi connectivity index (χ4v) is 3.21. The molecule has 0 spiro atoms. The van der Waals surface area contributed by atoms with Gasteiger partial charge in [0.1, 0.15) is 0 Å². The number of hydrogen-bond acceptors (Lipinski definition) is 4. The first-order valence-corrected chi connectivity index (χ1v) is 7.06. The van der Waals surface area contributed by atoms with Crippen LogP contribution in [0.15, 0.2) is 29.8 Å². The summed E-state index contributed by atoms with van der Waals surface area (Å²) >= 11 is 0. The Balaban J connectivity index is 2.36. The summed E-state index contributed by atoms with van der Waals surface area (Å²) in [6, 6.07) is 7.96. The van der Waals surface area contributed by atoms with E-state index in [0.717, 1.165) is 22.2 Å². The van der Waals surface area contributed by atoms with Crippen LogP contribution in [-0.2, 0) is 32.5 Å². The highest BCUT2D eigenvalue weighted by molar-refractivity contribution is 6.24. The normalized spacial score (nSPS) is 14.0. The molecular formula is C17H17NO4. The number of methoxy groups -OCH3 is 2. The van der Waals surface area contributed by atoms with Crippen LogP contribution in [0, 0.1) is 0 Å². The lowest BCUT2D eigenvalue weighted by molar-refractivity contribution is -0.138. The molecule has 0 saturated carbocycles. The maximum Gasteiger partial charge on any atom is 0.340 e. The number of fused-ring (bicyclic) bond motifs is 3. The first-order valence-electron chi connectivity index (χ1n) is 7.06. The van der Waals surface area contributed by atoms with Gasteiger partial charge in [-0.25, -0.2) is 9.59 Å². The Hall–Kier alpha value is -2.56. The van der Waals surface area contributed by atoms with E-state index in [2.05, 4.69) is 0 Å². The van der Waals surface area contributed by atoms with Gasteiger partial charge >= 0.3 is 11.9 Å². The summed E-state index contributed by atoms with van der Waals surface area (Å²) in [6.45, 7) is 0. The minimum absolute atomic E-state index is 0.314. The molecule has 0 unspecified atom stereocenters. The highest BCUT2D eigenvalue weighted by Crippen LogP contribution is 2.38. The SMILES string of the molecule is COC(=O)C1=C(C(=O)OC)c2c(c3ccccc3n2C)CC1. The van der Waals surface area contributed by atoms with Crippen molar-refractivity contribution in [2.24, 2.45) is 7.05 Å². The summed E-state index contributed by atoms with van der Waals surface area (Å²) in [5.41, 5.74) is 3.55. The molecule has 3 rings (SSSR count). The molecule has 1 aliphatic carbocycles. The second kappa shape index (κ2) is 5.33. The van der Waals surface area contributed by atoms with Crippen LogP contribution in [-0.4, -0.2) is 30.7 Å². The van der Waals surface area contributed by atoms with Crippen LogP contribution in [0.4, 0.5) is 0 Å². The van der Waals surface area contributed by atoms with Crippen molar-refractivity contribution in [3.63, 3.8) is 0 Å². The van der Waals surface area contributed by atoms with Crippen molar-refractivity contribution in [1.29, 1.82) is 0 Å². The average molecular weight is 299 g/mol. The van der Waals surface area contributed by atoms with E-state index in [-0.39, 0.29) is 0 Å². The minimum atomic E-state index is -0.507. The van der Waals surface area contributed by atoms with Crippen molar-refractivity contribution >= 4 is 28.4 Å². The molecule has 2 aromatic rings. The van der Waals surface area contributed by atoms with Gasteiger partial charge in [-0.05, 0) is 24.5 Å². The Kier molecular flexibility index (Phi) is 3.48. The van der Waals surface area contributed by atoms with Crippen LogP contribution in [0.2, 0.25) is 0 Å². The van der Waals surface area contributed by atoms with Crippen LogP contribution in [0.1, 0.15) is 17.7 Å². The van der Waals surface area contributed by atoms with E-state index in [1.54, 1.807) is 0 Å². The van der Waals surface area contributed by atoms with Gasteiger partial charge in [0.25, 0.3) is 0 Å². The van der Waals surface area contributed by atoms with E-state index in [9.17, 15) is 9.59 Å². The fraction of sp³-hybridized carbons (Fsp3) is 0.294. The molecular weight excluding hydrogens is 282 g/mol. The predicted molar refractivity (Wildman–Crippen MR) is 82.2 cm³/mol. The molecule has 22 heavy (non-hydrogen) atoms. The van der Waals surface area contributed by atoms with Gasteiger partial charge < -0.3 is 14.0 Å². The third-order valence-corrected chi connectivity index (χ3v) is 4.20. The summed E-state index contributed by atoms with van der Waals surface area (Å²) in [6.07, 6.45) is 1.17. The van der Waals surface area contributed by atoms with Crippen LogP contribution in [0.25, 0.3) is 16.5 Å². The second-order valence-electron chi connectivity index (χ2n) is 5.24. The van der Waals surface area contributed by atoms with Crippen LogP contribution >= 0.6 is 0 Å². The number of nitrogens with zero attached hydrogens (tertiary/aromatic N) is 1.